The highest BCUT2D eigenvalue weighted by Gasteiger charge is 2.16. The second-order valence-electron chi connectivity index (χ2n) is 4.93. The lowest BCUT2D eigenvalue weighted by molar-refractivity contribution is 0.298. The first kappa shape index (κ1) is 15.4. The van der Waals surface area contributed by atoms with Gasteiger partial charge in [0.25, 0.3) is 0 Å². The minimum atomic E-state index is 0.566. The summed E-state index contributed by atoms with van der Waals surface area (Å²) in [7, 11) is 1.87. The maximum Gasteiger partial charge on any atom is 0.221 e. The molecule has 1 aromatic heterocycles. The minimum absolute atomic E-state index is 0.566. The van der Waals surface area contributed by atoms with Crippen molar-refractivity contribution in [3.63, 3.8) is 0 Å². The van der Waals surface area contributed by atoms with E-state index in [1.54, 1.807) is 4.68 Å². The van der Waals surface area contributed by atoms with Gasteiger partial charge in [0, 0.05) is 12.6 Å². The Morgan fingerprint density at radius 3 is 2.62 bits per heavy atom. The van der Waals surface area contributed by atoms with E-state index in [-0.39, 0.29) is 0 Å². The summed E-state index contributed by atoms with van der Waals surface area (Å²) in [5.74, 6) is 2.18. The standard InChI is InChI=1S/C16H23N3O2/c1-4-11-20-14-7-5-6-8-15(14)21-16-13(9-10-17)12(2)18-19(16)3/h5-8H,4,9-11,17H2,1-3H3. The van der Waals surface area contributed by atoms with Gasteiger partial charge in [0.2, 0.25) is 5.88 Å². The Kier molecular flexibility index (Phi) is 5.22. The van der Waals surface area contributed by atoms with Gasteiger partial charge in [0.15, 0.2) is 11.5 Å². The number of ether oxygens (including phenoxy) is 2. The molecule has 0 spiro atoms. The molecule has 2 aromatic rings. The number of rotatable bonds is 7. The van der Waals surface area contributed by atoms with Gasteiger partial charge < -0.3 is 15.2 Å². The zero-order valence-electron chi connectivity index (χ0n) is 12.9. The molecule has 5 heteroatoms. The topological polar surface area (TPSA) is 62.3 Å². The second-order valence-corrected chi connectivity index (χ2v) is 4.93. The lowest BCUT2D eigenvalue weighted by Crippen LogP contribution is -2.05. The fourth-order valence-corrected chi connectivity index (χ4v) is 2.21. The molecule has 0 bridgehead atoms. The molecule has 0 saturated carbocycles. The lowest BCUT2D eigenvalue weighted by atomic mass is 10.2. The third-order valence-corrected chi connectivity index (χ3v) is 3.20. The molecule has 0 fully saturated rings. The first-order valence-electron chi connectivity index (χ1n) is 7.29. The van der Waals surface area contributed by atoms with Crippen molar-refractivity contribution in [3.8, 4) is 17.4 Å². The Labute approximate surface area is 125 Å². The molecule has 5 nitrogen and oxygen atoms in total. The van der Waals surface area contributed by atoms with Crippen LogP contribution in [0.4, 0.5) is 0 Å². The Hall–Kier alpha value is -2.01. The van der Waals surface area contributed by atoms with E-state index in [9.17, 15) is 0 Å². The van der Waals surface area contributed by atoms with Crippen molar-refractivity contribution >= 4 is 0 Å². The van der Waals surface area contributed by atoms with Crippen LogP contribution in [0.15, 0.2) is 24.3 Å². The zero-order chi connectivity index (χ0) is 15.2. The Balaban J connectivity index is 2.30. The molecule has 0 atom stereocenters. The maximum absolute atomic E-state index is 6.06. The summed E-state index contributed by atoms with van der Waals surface area (Å²) in [6.07, 6.45) is 1.70. The van der Waals surface area contributed by atoms with Crippen LogP contribution in [0.5, 0.6) is 17.4 Å². The van der Waals surface area contributed by atoms with E-state index in [4.69, 9.17) is 15.2 Å². The van der Waals surface area contributed by atoms with Crippen LogP contribution < -0.4 is 15.2 Å². The van der Waals surface area contributed by atoms with Crippen molar-refractivity contribution in [1.82, 2.24) is 9.78 Å². The second kappa shape index (κ2) is 7.13. The molecule has 1 aromatic carbocycles. The minimum Gasteiger partial charge on any atom is -0.490 e. The molecule has 0 aliphatic rings. The fourth-order valence-electron chi connectivity index (χ4n) is 2.21. The Bertz CT molecular complexity index is 593. The lowest BCUT2D eigenvalue weighted by Gasteiger charge is -2.13. The molecular weight excluding hydrogens is 266 g/mol. The van der Waals surface area contributed by atoms with Crippen LogP contribution in [0.25, 0.3) is 0 Å². The maximum atomic E-state index is 6.06. The van der Waals surface area contributed by atoms with Crippen LogP contribution in [0, 0.1) is 6.92 Å². The average Bonchev–Trinajstić information content (AvgIpc) is 2.74. The molecule has 0 aliphatic carbocycles. The summed E-state index contributed by atoms with van der Waals surface area (Å²) in [5, 5.41) is 4.41. The predicted molar refractivity (Wildman–Crippen MR) is 83.0 cm³/mol. The van der Waals surface area contributed by atoms with Crippen molar-refractivity contribution in [2.45, 2.75) is 26.7 Å². The largest absolute Gasteiger partial charge is 0.490 e. The normalized spacial score (nSPS) is 10.7. The number of nitrogens with two attached hydrogens (primary N) is 1. The van der Waals surface area contributed by atoms with Crippen molar-refractivity contribution < 1.29 is 9.47 Å². The molecule has 0 aliphatic heterocycles. The van der Waals surface area contributed by atoms with E-state index < -0.39 is 0 Å². The number of aryl methyl sites for hydroxylation is 2. The van der Waals surface area contributed by atoms with Crippen molar-refractivity contribution in [2.75, 3.05) is 13.2 Å². The molecule has 2 rings (SSSR count). The fraction of sp³-hybridized carbons (Fsp3) is 0.438. The SMILES string of the molecule is CCCOc1ccccc1Oc1c(CCN)c(C)nn1C. The molecule has 114 valence electrons. The third-order valence-electron chi connectivity index (χ3n) is 3.20. The number of hydrogen-bond acceptors (Lipinski definition) is 4. The van der Waals surface area contributed by atoms with Gasteiger partial charge in [-0.2, -0.15) is 5.10 Å². The van der Waals surface area contributed by atoms with Crippen LogP contribution in [0.3, 0.4) is 0 Å². The summed E-state index contributed by atoms with van der Waals surface area (Å²) in [6, 6.07) is 7.68. The van der Waals surface area contributed by atoms with Gasteiger partial charge in [-0.1, -0.05) is 19.1 Å². The van der Waals surface area contributed by atoms with E-state index in [1.807, 2.05) is 38.2 Å². The summed E-state index contributed by atoms with van der Waals surface area (Å²) < 4.78 is 13.5. The van der Waals surface area contributed by atoms with E-state index in [0.717, 1.165) is 35.7 Å². The summed E-state index contributed by atoms with van der Waals surface area (Å²) in [6.45, 7) is 5.28. The van der Waals surface area contributed by atoms with E-state index in [2.05, 4.69) is 12.0 Å². The van der Waals surface area contributed by atoms with Gasteiger partial charge in [-0.25, -0.2) is 4.68 Å². The van der Waals surface area contributed by atoms with Crippen LogP contribution in [-0.2, 0) is 13.5 Å². The van der Waals surface area contributed by atoms with Crippen LogP contribution >= 0.6 is 0 Å². The Morgan fingerprint density at radius 1 is 1.24 bits per heavy atom. The average molecular weight is 289 g/mol. The van der Waals surface area contributed by atoms with Crippen molar-refractivity contribution in [2.24, 2.45) is 12.8 Å². The van der Waals surface area contributed by atoms with Crippen LogP contribution in [-0.4, -0.2) is 22.9 Å². The monoisotopic (exact) mass is 289 g/mol. The van der Waals surface area contributed by atoms with Crippen LogP contribution in [0.1, 0.15) is 24.6 Å². The summed E-state index contributed by atoms with van der Waals surface area (Å²) in [5.41, 5.74) is 7.67. The van der Waals surface area contributed by atoms with Gasteiger partial charge in [-0.15, -0.1) is 0 Å². The van der Waals surface area contributed by atoms with E-state index in [1.165, 1.54) is 0 Å². The smallest absolute Gasteiger partial charge is 0.221 e. The summed E-state index contributed by atoms with van der Waals surface area (Å²) in [4.78, 5) is 0. The van der Waals surface area contributed by atoms with Crippen molar-refractivity contribution in [3.05, 3.63) is 35.5 Å². The quantitative estimate of drug-likeness (QED) is 0.851. The first-order chi connectivity index (χ1) is 10.2. The third kappa shape index (κ3) is 3.55. The number of para-hydroxylation sites is 2. The van der Waals surface area contributed by atoms with Gasteiger partial charge >= 0.3 is 0 Å². The number of aromatic nitrogens is 2. The predicted octanol–water partition coefficient (Wildman–Crippen LogP) is 2.81. The van der Waals surface area contributed by atoms with E-state index in [0.29, 0.717) is 18.9 Å². The molecule has 21 heavy (non-hydrogen) atoms. The molecule has 0 saturated heterocycles. The molecule has 2 N–H and O–H groups in total. The highest BCUT2D eigenvalue weighted by molar-refractivity contribution is 5.43. The zero-order valence-corrected chi connectivity index (χ0v) is 12.9. The highest BCUT2D eigenvalue weighted by Crippen LogP contribution is 2.33. The van der Waals surface area contributed by atoms with Gasteiger partial charge in [0.05, 0.1) is 12.3 Å². The first-order valence-corrected chi connectivity index (χ1v) is 7.29. The molecule has 0 radical (unpaired) electrons. The molecular formula is C16H23N3O2. The van der Waals surface area contributed by atoms with E-state index >= 15 is 0 Å². The van der Waals surface area contributed by atoms with Gasteiger partial charge in [-0.3, -0.25) is 0 Å². The van der Waals surface area contributed by atoms with Crippen molar-refractivity contribution in [1.29, 1.82) is 0 Å². The highest BCUT2D eigenvalue weighted by atomic mass is 16.5. The van der Waals surface area contributed by atoms with Gasteiger partial charge in [0.1, 0.15) is 0 Å². The number of nitrogens with zero attached hydrogens (tertiary/aromatic N) is 2. The molecule has 0 unspecified atom stereocenters. The number of hydrogen-bond donors (Lipinski definition) is 1. The van der Waals surface area contributed by atoms with Gasteiger partial charge in [-0.05, 0) is 38.4 Å². The molecule has 0 amide bonds. The number of benzene rings is 1. The van der Waals surface area contributed by atoms with Crippen LogP contribution in [0.2, 0.25) is 0 Å². The summed E-state index contributed by atoms with van der Waals surface area (Å²) >= 11 is 0. The molecule has 1 heterocycles. The Morgan fingerprint density at radius 2 is 1.95 bits per heavy atom.